The summed E-state index contributed by atoms with van der Waals surface area (Å²) in [5, 5.41) is 12.6. The van der Waals surface area contributed by atoms with Crippen LogP contribution in [0.1, 0.15) is 24.2 Å². The predicted molar refractivity (Wildman–Crippen MR) is 85.5 cm³/mol. The van der Waals surface area contributed by atoms with E-state index in [0.29, 0.717) is 12.1 Å². The van der Waals surface area contributed by atoms with Crippen LogP contribution in [0.3, 0.4) is 0 Å². The van der Waals surface area contributed by atoms with Gasteiger partial charge in [-0.25, -0.2) is 0 Å². The number of carbonyl (C=O) groups is 1. The molecule has 0 radical (unpaired) electrons. The van der Waals surface area contributed by atoms with Crippen molar-refractivity contribution in [2.24, 2.45) is 5.41 Å². The van der Waals surface area contributed by atoms with Gasteiger partial charge in [-0.15, -0.1) is 0 Å². The Kier molecular flexibility index (Phi) is 5.61. The Morgan fingerprint density at radius 2 is 2.05 bits per heavy atom. The molecule has 19 heavy (non-hydrogen) atoms. The van der Waals surface area contributed by atoms with Crippen LogP contribution >= 0.6 is 22.6 Å². The maximum Gasteiger partial charge on any atom is 0.255 e. The molecular weight excluding hydrogens is 355 g/mol. The third-order valence-electron chi connectivity index (χ3n) is 2.67. The van der Waals surface area contributed by atoms with Gasteiger partial charge in [0.05, 0.1) is 5.56 Å². The molecule has 0 aromatic heterocycles. The standard InChI is InChI=1S/C14H21IN2O2/c1-14(2,9-17(3)4)8-16-13(19)11-7-10(15)5-6-12(11)18/h5-7,18H,8-9H2,1-4H3,(H,16,19). The quantitative estimate of drug-likeness (QED) is 0.776. The first-order valence-corrected chi connectivity index (χ1v) is 7.20. The van der Waals surface area contributed by atoms with E-state index >= 15 is 0 Å². The number of aromatic hydroxyl groups is 1. The highest BCUT2D eigenvalue weighted by Crippen LogP contribution is 2.20. The highest BCUT2D eigenvalue weighted by molar-refractivity contribution is 14.1. The van der Waals surface area contributed by atoms with E-state index in [9.17, 15) is 9.90 Å². The molecule has 0 heterocycles. The summed E-state index contributed by atoms with van der Waals surface area (Å²) in [5.41, 5.74) is 0.309. The van der Waals surface area contributed by atoms with Crippen molar-refractivity contribution in [2.75, 3.05) is 27.2 Å². The molecule has 1 amide bonds. The number of nitrogens with zero attached hydrogens (tertiary/aromatic N) is 1. The molecule has 0 aliphatic rings. The van der Waals surface area contributed by atoms with Gasteiger partial charge in [0.1, 0.15) is 5.75 Å². The van der Waals surface area contributed by atoms with Crippen LogP contribution in [-0.2, 0) is 0 Å². The second-order valence-corrected chi connectivity index (χ2v) is 6.99. The molecule has 2 N–H and O–H groups in total. The molecule has 106 valence electrons. The maximum absolute atomic E-state index is 12.1. The minimum Gasteiger partial charge on any atom is -0.507 e. The molecule has 0 spiro atoms. The van der Waals surface area contributed by atoms with Gasteiger partial charge in [-0.1, -0.05) is 13.8 Å². The molecule has 0 saturated heterocycles. The second-order valence-electron chi connectivity index (χ2n) is 5.75. The number of phenols is 1. The van der Waals surface area contributed by atoms with Crippen LogP contribution < -0.4 is 5.32 Å². The van der Waals surface area contributed by atoms with E-state index in [1.165, 1.54) is 0 Å². The molecule has 1 rings (SSSR count). The lowest BCUT2D eigenvalue weighted by Crippen LogP contribution is -2.40. The summed E-state index contributed by atoms with van der Waals surface area (Å²) < 4.78 is 0.924. The fraction of sp³-hybridized carbons (Fsp3) is 0.500. The highest BCUT2D eigenvalue weighted by Gasteiger charge is 2.21. The number of halogens is 1. The molecular formula is C14H21IN2O2. The lowest BCUT2D eigenvalue weighted by Gasteiger charge is -2.28. The van der Waals surface area contributed by atoms with Crippen LogP contribution in [0.2, 0.25) is 0 Å². The van der Waals surface area contributed by atoms with E-state index in [1.54, 1.807) is 18.2 Å². The van der Waals surface area contributed by atoms with Crippen molar-refractivity contribution < 1.29 is 9.90 Å². The Labute approximate surface area is 128 Å². The fourth-order valence-electron chi connectivity index (χ4n) is 2.02. The summed E-state index contributed by atoms with van der Waals surface area (Å²) >= 11 is 2.12. The maximum atomic E-state index is 12.1. The van der Waals surface area contributed by atoms with Gasteiger partial charge >= 0.3 is 0 Å². The number of hydrogen-bond donors (Lipinski definition) is 2. The van der Waals surface area contributed by atoms with E-state index in [0.717, 1.165) is 10.1 Å². The average Bonchev–Trinajstić information content (AvgIpc) is 2.27. The normalized spacial score (nSPS) is 11.7. The molecule has 0 fully saturated rings. The Hall–Kier alpha value is -0.820. The van der Waals surface area contributed by atoms with Gasteiger partial charge in [-0.05, 0) is 60.3 Å². The number of phenolic OH excluding ortho intramolecular Hbond substituents is 1. The zero-order valence-electron chi connectivity index (χ0n) is 11.8. The van der Waals surface area contributed by atoms with Crippen LogP contribution in [0.4, 0.5) is 0 Å². The van der Waals surface area contributed by atoms with Crippen LogP contribution in [0.25, 0.3) is 0 Å². The summed E-state index contributed by atoms with van der Waals surface area (Å²) in [6.45, 7) is 5.64. The monoisotopic (exact) mass is 376 g/mol. The van der Waals surface area contributed by atoms with Crippen molar-refractivity contribution in [1.29, 1.82) is 0 Å². The molecule has 5 heteroatoms. The topological polar surface area (TPSA) is 52.6 Å². The average molecular weight is 376 g/mol. The van der Waals surface area contributed by atoms with Gasteiger partial charge in [0.25, 0.3) is 5.91 Å². The molecule has 0 aliphatic carbocycles. The molecule has 0 saturated carbocycles. The zero-order chi connectivity index (χ0) is 14.6. The van der Waals surface area contributed by atoms with Gasteiger partial charge in [-0.3, -0.25) is 4.79 Å². The van der Waals surface area contributed by atoms with E-state index < -0.39 is 0 Å². The van der Waals surface area contributed by atoms with Gasteiger partial charge in [-0.2, -0.15) is 0 Å². The number of rotatable bonds is 5. The summed E-state index contributed by atoms with van der Waals surface area (Å²) in [6, 6.07) is 4.99. The number of benzene rings is 1. The Morgan fingerprint density at radius 3 is 2.63 bits per heavy atom. The second kappa shape index (κ2) is 6.56. The van der Waals surface area contributed by atoms with Gasteiger partial charge < -0.3 is 15.3 Å². The van der Waals surface area contributed by atoms with E-state index in [4.69, 9.17) is 0 Å². The number of amides is 1. The fourth-order valence-corrected chi connectivity index (χ4v) is 2.51. The van der Waals surface area contributed by atoms with Gasteiger partial charge in [0.15, 0.2) is 0 Å². The SMILES string of the molecule is CN(C)CC(C)(C)CNC(=O)c1cc(I)ccc1O. The van der Waals surface area contributed by atoms with Crippen molar-refractivity contribution in [3.8, 4) is 5.75 Å². The molecule has 1 aromatic carbocycles. The largest absolute Gasteiger partial charge is 0.507 e. The van der Waals surface area contributed by atoms with Gasteiger partial charge in [0, 0.05) is 16.7 Å². The summed E-state index contributed by atoms with van der Waals surface area (Å²) in [7, 11) is 4.02. The smallest absolute Gasteiger partial charge is 0.255 e. The first kappa shape index (κ1) is 16.2. The minimum absolute atomic E-state index is 0.0170. The number of carbonyl (C=O) groups excluding carboxylic acids is 1. The third-order valence-corrected chi connectivity index (χ3v) is 3.35. The summed E-state index contributed by atoms with van der Waals surface area (Å²) in [6.07, 6.45) is 0. The van der Waals surface area contributed by atoms with Crippen molar-refractivity contribution >= 4 is 28.5 Å². The molecule has 0 unspecified atom stereocenters. The molecule has 4 nitrogen and oxygen atoms in total. The molecule has 0 bridgehead atoms. The lowest BCUT2D eigenvalue weighted by molar-refractivity contribution is 0.0926. The van der Waals surface area contributed by atoms with Crippen LogP contribution in [0.15, 0.2) is 18.2 Å². The number of nitrogens with one attached hydrogen (secondary N) is 1. The molecule has 0 atom stereocenters. The van der Waals surface area contributed by atoms with Crippen molar-refractivity contribution in [3.63, 3.8) is 0 Å². The Bertz CT molecular complexity index is 459. The Morgan fingerprint density at radius 1 is 1.42 bits per heavy atom. The first-order valence-electron chi connectivity index (χ1n) is 6.13. The van der Waals surface area contributed by atoms with Gasteiger partial charge in [0.2, 0.25) is 0 Å². The first-order chi connectivity index (χ1) is 8.71. The van der Waals surface area contributed by atoms with Crippen molar-refractivity contribution in [1.82, 2.24) is 10.2 Å². The minimum atomic E-state index is -0.233. The van der Waals surface area contributed by atoms with E-state index in [1.807, 2.05) is 14.1 Å². The van der Waals surface area contributed by atoms with Crippen LogP contribution in [0.5, 0.6) is 5.75 Å². The molecule has 1 aromatic rings. The van der Waals surface area contributed by atoms with Crippen molar-refractivity contribution in [2.45, 2.75) is 13.8 Å². The highest BCUT2D eigenvalue weighted by atomic mass is 127. The predicted octanol–water partition coefficient (Wildman–Crippen LogP) is 2.31. The van der Waals surface area contributed by atoms with Crippen molar-refractivity contribution in [3.05, 3.63) is 27.3 Å². The summed E-state index contributed by atoms with van der Waals surface area (Å²) in [4.78, 5) is 14.2. The number of hydrogen-bond acceptors (Lipinski definition) is 3. The van der Waals surface area contributed by atoms with E-state index in [-0.39, 0.29) is 17.1 Å². The lowest BCUT2D eigenvalue weighted by atomic mass is 9.93. The van der Waals surface area contributed by atoms with E-state index in [2.05, 4.69) is 46.7 Å². The van der Waals surface area contributed by atoms with Crippen LogP contribution in [0, 0.1) is 8.99 Å². The summed E-state index contributed by atoms with van der Waals surface area (Å²) in [5.74, 6) is -0.217. The van der Waals surface area contributed by atoms with Crippen LogP contribution in [-0.4, -0.2) is 43.1 Å². The third kappa shape index (κ3) is 5.36. The molecule has 0 aliphatic heterocycles. The Balaban J connectivity index is 2.68. The zero-order valence-corrected chi connectivity index (χ0v) is 14.0.